The van der Waals surface area contributed by atoms with E-state index in [0.717, 1.165) is 32.7 Å². The fourth-order valence-electron chi connectivity index (χ4n) is 7.94. The maximum Gasteiger partial charge on any atom is 0.164 e. The van der Waals surface area contributed by atoms with Crippen LogP contribution in [0.2, 0.25) is 0 Å². The van der Waals surface area contributed by atoms with E-state index in [9.17, 15) is 5.26 Å². The molecule has 1 spiro atoms. The molecule has 5 heteroatoms. The largest absolute Gasteiger partial charge is 0.208 e. The van der Waals surface area contributed by atoms with E-state index in [4.69, 9.17) is 15.0 Å². The van der Waals surface area contributed by atoms with E-state index in [1.807, 2.05) is 66.7 Å². The van der Waals surface area contributed by atoms with Crippen LogP contribution in [0.1, 0.15) is 27.8 Å². The lowest BCUT2D eigenvalue weighted by molar-refractivity contribution is 0.722. The Morgan fingerprint density at radius 2 is 0.885 bits per heavy atom. The van der Waals surface area contributed by atoms with Gasteiger partial charge >= 0.3 is 0 Å². The van der Waals surface area contributed by atoms with E-state index >= 15 is 0 Å². The molecule has 7 aromatic carbocycles. The molecule has 0 radical (unpaired) electrons. The highest BCUT2D eigenvalue weighted by Crippen LogP contribution is 2.62. The van der Waals surface area contributed by atoms with Gasteiger partial charge in [0.15, 0.2) is 17.5 Å². The van der Waals surface area contributed by atoms with Gasteiger partial charge in [-0.25, -0.2) is 15.0 Å². The van der Waals surface area contributed by atoms with Crippen molar-refractivity contribution in [3.63, 3.8) is 0 Å². The first-order valence-electron chi connectivity index (χ1n) is 17.2. The van der Waals surface area contributed by atoms with Crippen molar-refractivity contribution < 1.29 is 0 Å². The molecule has 0 atom stereocenters. The molecule has 4 nitrogen and oxygen atoms in total. The van der Waals surface area contributed by atoms with Crippen molar-refractivity contribution in [2.45, 2.75) is 15.2 Å². The molecule has 0 bridgehead atoms. The number of benzene rings is 7. The van der Waals surface area contributed by atoms with Gasteiger partial charge in [0.25, 0.3) is 0 Å². The van der Waals surface area contributed by atoms with Gasteiger partial charge in [-0.3, -0.25) is 0 Å². The van der Waals surface area contributed by atoms with Crippen LogP contribution < -0.4 is 0 Å². The molecule has 0 unspecified atom stereocenters. The minimum absolute atomic E-state index is 0.496. The van der Waals surface area contributed by atoms with Crippen LogP contribution in [0.5, 0.6) is 0 Å². The number of hydrogen-bond donors (Lipinski definition) is 0. The maximum absolute atomic E-state index is 9.91. The summed E-state index contributed by atoms with van der Waals surface area (Å²) in [5.41, 5.74) is 12.7. The zero-order valence-corrected chi connectivity index (χ0v) is 28.7. The summed E-state index contributed by atoms with van der Waals surface area (Å²) in [5.74, 6) is 1.90. The predicted octanol–water partition coefficient (Wildman–Crippen LogP) is 11.2. The first-order chi connectivity index (χ1) is 25.7. The Kier molecular flexibility index (Phi) is 6.99. The number of nitriles is 1. The normalized spacial score (nSPS) is 13.1. The lowest BCUT2D eigenvalue weighted by Gasteiger charge is -2.40. The van der Waals surface area contributed by atoms with Crippen LogP contribution in [0.15, 0.2) is 180 Å². The van der Waals surface area contributed by atoms with Crippen molar-refractivity contribution in [1.82, 2.24) is 15.0 Å². The molecule has 1 aromatic heterocycles. The third-order valence-corrected chi connectivity index (χ3v) is 11.3. The van der Waals surface area contributed by atoms with Gasteiger partial charge in [-0.2, -0.15) is 5.26 Å². The molecule has 1 aliphatic carbocycles. The average molecular weight is 681 g/mol. The molecule has 0 N–H and O–H groups in total. The zero-order valence-electron chi connectivity index (χ0n) is 27.9. The summed E-state index contributed by atoms with van der Waals surface area (Å²) in [6.45, 7) is 0. The van der Waals surface area contributed by atoms with Crippen molar-refractivity contribution in [3.05, 3.63) is 198 Å². The van der Waals surface area contributed by atoms with Crippen molar-refractivity contribution in [3.8, 4) is 62.5 Å². The monoisotopic (exact) mass is 680 g/mol. The summed E-state index contributed by atoms with van der Waals surface area (Å²) in [5, 5.41) is 9.91. The van der Waals surface area contributed by atoms with Crippen molar-refractivity contribution in [1.29, 1.82) is 5.26 Å². The molecule has 2 heterocycles. The molecule has 0 saturated heterocycles. The quantitative estimate of drug-likeness (QED) is 0.185. The van der Waals surface area contributed by atoms with Gasteiger partial charge in [0.1, 0.15) is 0 Å². The van der Waals surface area contributed by atoms with Gasteiger partial charge < -0.3 is 0 Å². The topological polar surface area (TPSA) is 62.5 Å². The smallest absolute Gasteiger partial charge is 0.164 e. The van der Waals surface area contributed by atoms with Crippen LogP contribution in [0.25, 0.3) is 56.4 Å². The van der Waals surface area contributed by atoms with E-state index in [1.54, 1.807) is 11.8 Å². The minimum Gasteiger partial charge on any atom is -0.208 e. The van der Waals surface area contributed by atoms with E-state index in [0.29, 0.717) is 23.0 Å². The first-order valence-corrected chi connectivity index (χ1v) is 18.1. The number of aromatic nitrogens is 3. The molecule has 10 rings (SSSR count). The second-order valence-corrected chi connectivity index (χ2v) is 14.2. The molecular weight excluding hydrogens is 653 g/mol. The van der Waals surface area contributed by atoms with E-state index in [1.165, 1.54) is 38.3 Å². The highest BCUT2D eigenvalue weighted by Gasteiger charge is 2.50. The van der Waals surface area contributed by atoms with Gasteiger partial charge in [-0.05, 0) is 68.8 Å². The second kappa shape index (κ2) is 12.0. The predicted molar refractivity (Wildman–Crippen MR) is 208 cm³/mol. The molecule has 242 valence electrons. The van der Waals surface area contributed by atoms with Crippen LogP contribution in [0.3, 0.4) is 0 Å². The third-order valence-electron chi connectivity index (χ3n) is 10.2. The zero-order chi connectivity index (χ0) is 34.6. The Labute approximate surface area is 306 Å². The van der Waals surface area contributed by atoms with Gasteiger partial charge in [0, 0.05) is 26.5 Å². The van der Waals surface area contributed by atoms with Crippen LogP contribution in [-0.2, 0) is 5.41 Å². The van der Waals surface area contributed by atoms with Crippen LogP contribution in [-0.4, -0.2) is 15.0 Å². The number of nitrogens with zero attached hydrogens (tertiary/aromatic N) is 4. The summed E-state index contributed by atoms with van der Waals surface area (Å²) in [7, 11) is 0. The van der Waals surface area contributed by atoms with Crippen molar-refractivity contribution >= 4 is 11.8 Å². The molecule has 8 aromatic rings. The molecule has 0 amide bonds. The summed E-state index contributed by atoms with van der Waals surface area (Å²) in [6, 6.07) is 61.6. The van der Waals surface area contributed by atoms with E-state index in [-0.39, 0.29) is 0 Å². The highest BCUT2D eigenvalue weighted by molar-refractivity contribution is 7.99. The maximum atomic E-state index is 9.91. The number of hydrogen-bond acceptors (Lipinski definition) is 5. The molecule has 1 aliphatic heterocycles. The summed E-state index contributed by atoms with van der Waals surface area (Å²) in [4.78, 5) is 17.1. The SMILES string of the molecule is N#Cc1ccc2c(c1)Sc1cc(-c3cccc(-c4nc(-c5ccccc5)nc(-c5ccccc5)n4)c3)ccc1C21c2ccccc2-c2ccccc21. The van der Waals surface area contributed by atoms with Gasteiger partial charge in [-0.1, -0.05) is 157 Å². The van der Waals surface area contributed by atoms with Gasteiger partial charge in [-0.15, -0.1) is 0 Å². The van der Waals surface area contributed by atoms with Crippen molar-refractivity contribution in [2.75, 3.05) is 0 Å². The molecule has 0 fully saturated rings. The van der Waals surface area contributed by atoms with E-state index in [2.05, 4.69) is 109 Å². The molecule has 2 aliphatic rings. The van der Waals surface area contributed by atoms with Gasteiger partial charge in [0.2, 0.25) is 0 Å². The molecule has 0 saturated carbocycles. The van der Waals surface area contributed by atoms with Crippen LogP contribution >= 0.6 is 11.8 Å². The summed E-state index contributed by atoms with van der Waals surface area (Å²) < 4.78 is 0. The van der Waals surface area contributed by atoms with Crippen LogP contribution in [0.4, 0.5) is 0 Å². The fraction of sp³-hybridized carbons (Fsp3) is 0.0213. The first kappa shape index (κ1) is 30.2. The van der Waals surface area contributed by atoms with Crippen molar-refractivity contribution in [2.24, 2.45) is 0 Å². The Morgan fingerprint density at radius 1 is 0.404 bits per heavy atom. The average Bonchev–Trinajstić information content (AvgIpc) is 3.51. The minimum atomic E-state index is -0.496. The lowest BCUT2D eigenvalue weighted by atomic mass is 9.67. The fourth-order valence-corrected chi connectivity index (χ4v) is 9.21. The molecule has 52 heavy (non-hydrogen) atoms. The molecular formula is C47H28N4S. The standard InChI is InChI=1S/C47H28N4S/c48-29-30-22-24-40-42(26-30)52-43-28-34(23-25-41(43)47(40)38-20-9-7-18-36(38)37-19-8-10-21-39(37)47)33-16-11-17-35(27-33)46-50-44(31-12-3-1-4-13-31)49-45(51-46)32-14-5-2-6-15-32/h1-28H. The lowest BCUT2D eigenvalue weighted by Crippen LogP contribution is -2.32. The Morgan fingerprint density at radius 3 is 1.50 bits per heavy atom. The number of rotatable bonds is 4. The number of fused-ring (bicyclic) bond motifs is 9. The Hall–Kier alpha value is -6.61. The van der Waals surface area contributed by atoms with E-state index < -0.39 is 5.41 Å². The summed E-state index contributed by atoms with van der Waals surface area (Å²) >= 11 is 1.75. The third kappa shape index (κ3) is 4.66. The van der Waals surface area contributed by atoms with Crippen LogP contribution in [0, 0.1) is 11.3 Å². The second-order valence-electron chi connectivity index (χ2n) is 13.1. The summed E-state index contributed by atoms with van der Waals surface area (Å²) in [6.07, 6.45) is 0. The Balaban J connectivity index is 1.13. The Bertz CT molecular complexity index is 2630. The van der Waals surface area contributed by atoms with Gasteiger partial charge in [0.05, 0.1) is 17.0 Å². The highest BCUT2D eigenvalue weighted by atomic mass is 32.2.